The first-order valence-electron chi connectivity index (χ1n) is 10.9. The summed E-state index contributed by atoms with van der Waals surface area (Å²) in [6, 6.07) is 13.9. The third-order valence-electron chi connectivity index (χ3n) is 6.17. The second-order valence-corrected chi connectivity index (χ2v) is 11.9. The molecule has 8 nitrogen and oxygen atoms in total. The Morgan fingerprint density at radius 3 is 2.50 bits per heavy atom. The van der Waals surface area contributed by atoms with Gasteiger partial charge in [-0.2, -0.15) is 0 Å². The Morgan fingerprint density at radius 2 is 1.82 bits per heavy atom. The molecule has 0 atom stereocenters. The van der Waals surface area contributed by atoms with E-state index in [-0.39, 0.29) is 16.8 Å². The number of hydrogen-bond acceptors (Lipinski definition) is 6. The average molecular weight is 497 g/mol. The van der Waals surface area contributed by atoms with E-state index in [1.54, 1.807) is 7.05 Å². The van der Waals surface area contributed by atoms with Crippen LogP contribution < -0.4 is 16.0 Å². The summed E-state index contributed by atoms with van der Waals surface area (Å²) in [5.74, 6) is 0. The summed E-state index contributed by atoms with van der Waals surface area (Å²) in [4.78, 5) is 32.0. The molecule has 5 rings (SSSR count). The molecule has 0 aliphatic heterocycles. The molecule has 1 fully saturated rings. The van der Waals surface area contributed by atoms with E-state index in [4.69, 9.17) is 0 Å². The summed E-state index contributed by atoms with van der Waals surface area (Å²) < 4.78 is 31.0. The van der Waals surface area contributed by atoms with Gasteiger partial charge in [-0.1, -0.05) is 30.3 Å². The lowest BCUT2D eigenvalue weighted by atomic mass is 10.1. The van der Waals surface area contributed by atoms with Crippen LogP contribution in [0.2, 0.25) is 0 Å². The van der Waals surface area contributed by atoms with Crippen molar-refractivity contribution >= 4 is 32.3 Å². The summed E-state index contributed by atoms with van der Waals surface area (Å²) in [5, 5.41) is 1.00. The molecule has 34 heavy (non-hydrogen) atoms. The van der Waals surface area contributed by atoms with Crippen LogP contribution in [0.5, 0.6) is 0 Å². The largest absolute Gasteiger partial charge is 0.331 e. The number of rotatable bonds is 6. The maximum absolute atomic E-state index is 13.5. The Kier molecular flexibility index (Phi) is 5.34. The highest BCUT2D eigenvalue weighted by Crippen LogP contribution is 2.36. The quantitative estimate of drug-likeness (QED) is 0.442. The fourth-order valence-electron chi connectivity index (χ4n) is 4.02. The first-order chi connectivity index (χ1) is 16.1. The van der Waals surface area contributed by atoms with E-state index in [0.717, 1.165) is 38.6 Å². The zero-order valence-corrected chi connectivity index (χ0v) is 20.7. The molecule has 1 aliphatic rings. The predicted octanol–water partition coefficient (Wildman–Crippen LogP) is 3.01. The Labute approximate surface area is 200 Å². The van der Waals surface area contributed by atoms with Crippen molar-refractivity contribution in [3.05, 3.63) is 79.3 Å². The van der Waals surface area contributed by atoms with E-state index in [1.165, 1.54) is 34.1 Å². The number of aromatic nitrogens is 3. The second-order valence-electron chi connectivity index (χ2n) is 8.95. The minimum absolute atomic E-state index is 0.00836. The van der Waals surface area contributed by atoms with E-state index in [9.17, 15) is 18.0 Å². The Morgan fingerprint density at radius 1 is 1.12 bits per heavy atom. The number of benzene rings is 2. The van der Waals surface area contributed by atoms with Crippen molar-refractivity contribution in [1.82, 2.24) is 18.8 Å². The third kappa shape index (κ3) is 4.02. The monoisotopic (exact) mass is 496 g/mol. The normalized spacial score (nSPS) is 15.0. The fourth-order valence-corrected chi connectivity index (χ4v) is 6.45. The van der Waals surface area contributed by atoms with Crippen molar-refractivity contribution in [1.29, 1.82) is 0 Å². The number of sulfonamides is 1. The first kappa shape index (κ1) is 22.7. The fraction of sp³-hybridized carbons (Fsp3) is 0.292. The van der Waals surface area contributed by atoms with Crippen LogP contribution in [0.1, 0.15) is 29.7 Å². The van der Waals surface area contributed by atoms with Crippen molar-refractivity contribution in [2.24, 2.45) is 7.05 Å². The van der Waals surface area contributed by atoms with Gasteiger partial charge in [-0.05, 0) is 44.9 Å². The highest BCUT2D eigenvalue weighted by Gasteiger charge is 2.41. The molecule has 10 heteroatoms. The second kappa shape index (κ2) is 8.00. The molecule has 0 spiro atoms. The van der Waals surface area contributed by atoms with Crippen LogP contribution >= 0.6 is 11.3 Å². The zero-order chi connectivity index (χ0) is 24.3. The number of nitrogens with one attached hydrogen (secondary N) is 1. The number of fused-ring (bicyclic) bond motifs is 1. The molecule has 0 amide bonds. The van der Waals surface area contributed by atoms with Crippen LogP contribution in [0.15, 0.2) is 63.0 Å². The highest BCUT2D eigenvalue weighted by atomic mass is 32.2. The molecule has 0 radical (unpaired) electrons. The van der Waals surface area contributed by atoms with Gasteiger partial charge in [0, 0.05) is 18.2 Å². The van der Waals surface area contributed by atoms with E-state index >= 15 is 0 Å². The van der Waals surface area contributed by atoms with Gasteiger partial charge in [-0.25, -0.2) is 22.9 Å². The topological polar surface area (TPSA) is 103 Å². The molecule has 1 aliphatic carbocycles. The van der Waals surface area contributed by atoms with E-state index in [2.05, 4.69) is 9.71 Å². The van der Waals surface area contributed by atoms with Crippen LogP contribution in [0.4, 0.5) is 0 Å². The first-order valence-corrected chi connectivity index (χ1v) is 13.2. The standard InChI is InChI=1S/C24H24N4O4S2/c1-15-25-21(16-7-5-4-6-8-16)20(33-15)14-28-22(29)18-13-17(9-10-19(18)27(3)23(28)30)34(31,32)26-24(2)11-12-24/h4-10,13,26H,11-12,14H2,1-3H3. The molecule has 2 aromatic carbocycles. The average Bonchev–Trinajstić information content (AvgIpc) is 3.41. The molecule has 0 unspecified atom stereocenters. The molecule has 1 N–H and O–H groups in total. The third-order valence-corrected chi connectivity index (χ3v) is 8.76. The Bertz CT molecular complexity index is 1650. The van der Waals surface area contributed by atoms with Gasteiger partial charge in [0.15, 0.2) is 0 Å². The van der Waals surface area contributed by atoms with Crippen molar-refractivity contribution in [3.8, 4) is 11.3 Å². The van der Waals surface area contributed by atoms with Crippen molar-refractivity contribution in [3.63, 3.8) is 0 Å². The van der Waals surface area contributed by atoms with Crippen molar-refractivity contribution in [2.45, 2.75) is 43.7 Å². The minimum Gasteiger partial charge on any atom is -0.296 e. The molecule has 2 aromatic heterocycles. The summed E-state index contributed by atoms with van der Waals surface area (Å²) >= 11 is 1.43. The molecule has 2 heterocycles. The number of nitrogens with zero attached hydrogens (tertiary/aromatic N) is 3. The molecule has 4 aromatic rings. The summed E-state index contributed by atoms with van der Waals surface area (Å²) in [7, 11) is -2.21. The molecule has 1 saturated carbocycles. The Hall–Kier alpha value is -3.08. The maximum Gasteiger partial charge on any atom is 0.331 e. The van der Waals surface area contributed by atoms with E-state index in [0.29, 0.717) is 5.52 Å². The summed E-state index contributed by atoms with van der Waals surface area (Å²) in [6.45, 7) is 3.78. The summed E-state index contributed by atoms with van der Waals surface area (Å²) in [5.41, 5.74) is 0.581. The van der Waals surface area contributed by atoms with Gasteiger partial charge in [0.05, 0.1) is 37.9 Å². The number of aryl methyl sites for hydroxylation is 2. The van der Waals surface area contributed by atoms with Crippen LogP contribution in [-0.4, -0.2) is 28.1 Å². The van der Waals surface area contributed by atoms with Crippen LogP contribution in [0.25, 0.3) is 22.2 Å². The summed E-state index contributed by atoms with van der Waals surface area (Å²) in [6.07, 6.45) is 1.55. The van der Waals surface area contributed by atoms with Crippen LogP contribution in [0.3, 0.4) is 0 Å². The van der Waals surface area contributed by atoms with E-state index in [1.807, 2.05) is 44.2 Å². The van der Waals surface area contributed by atoms with Gasteiger partial charge in [-0.15, -0.1) is 11.3 Å². The van der Waals surface area contributed by atoms with Crippen LogP contribution in [-0.2, 0) is 23.6 Å². The molecule has 0 bridgehead atoms. The lowest BCUT2D eigenvalue weighted by Gasteiger charge is -2.14. The number of thiazole rings is 1. The Balaban J connectivity index is 1.63. The van der Waals surface area contributed by atoms with Crippen molar-refractivity contribution in [2.75, 3.05) is 0 Å². The molecular formula is C24H24N4O4S2. The highest BCUT2D eigenvalue weighted by molar-refractivity contribution is 7.89. The van der Waals surface area contributed by atoms with Gasteiger partial charge >= 0.3 is 5.69 Å². The van der Waals surface area contributed by atoms with Gasteiger partial charge in [0.1, 0.15) is 0 Å². The van der Waals surface area contributed by atoms with E-state index < -0.39 is 26.8 Å². The van der Waals surface area contributed by atoms with Gasteiger partial charge in [-0.3, -0.25) is 13.9 Å². The molecule has 0 saturated heterocycles. The van der Waals surface area contributed by atoms with Gasteiger partial charge in [0.25, 0.3) is 5.56 Å². The van der Waals surface area contributed by atoms with Crippen LogP contribution in [0, 0.1) is 6.92 Å². The minimum atomic E-state index is -3.79. The van der Waals surface area contributed by atoms with Crippen molar-refractivity contribution < 1.29 is 8.42 Å². The predicted molar refractivity (Wildman–Crippen MR) is 133 cm³/mol. The van der Waals surface area contributed by atoms with Gasteiger partial charge in [0.2, 0.25) is 10.0 Å². The molecular weight excluding hydrogens is 472 g/mol. The lowest BCUT2D eigenvalue weighted by molar-refractivity contribution is 0.558. The number of hydrogen-bond donors (Lipinski definition) is 1. The maximum atomic E-state index is 13.5. The lowest BCUT2D eigenvalue weighted by Crippen LogP contribution is -2.39. The smallest absolute Gasteiger partial charge is 0.296 e. The SMILES string of the molecule is Cc1nc(-c2ccccc2)c(Cn2c(=O)c3cc(S(=O)(=O)NC4(C)CC4)ccc3n(C)c2=O)s1. The van der Waals surface area contributed by atoms with Gasteiger partial charge < -0.3 is 0 Å². The zero-order valence-electron chi connectivity index (χ0n) is 19.0. The molecule has 176 valence electrons.